The van der Waals surface area contributed by atoms with E-state index in [0.29, 0.717) is 33.6 Å². The van der Waals surface area contributed by atoms with Crippen molar-refractivity contribution in [1.82, 2.24) is 0 Å². The quantitative estimate of drug-likeness (QED) is 0.131. The third kappa shape index (κ3) is 5.51. The molecule has 0 spiro atoms. The van der Waals surface area contributed by atoms with Crippen molar-refractivity contribution in [2.75, 3.05) is 21.0 Å². The fourth-order valence-corrected chi connectivity index (χ4v) is 7.89. The second-order valence-electron chi connectivity index (χ2n) is 9.15. The first-order chi connectivity index (χ1) is 20.1. The number of rotatable bonds is 9. The molecule has 206 valence electrons. The summed E-state index contributed by atoms with van der Waals surface area (Å²) in [5.74, 6) is 3.02. The van der Waals surface area contributed by atoms with Crippen molar-refractivity contribution in [3.05, 3.63) is 115 Å². The van der Waals surface area contributed by atoms with Crippen LogP contribution in [0.3, 0.4) is 0 Å². The first kappa shape index (κ1) is 26.9. The minimum Gasteiger partial charge on any atom is -0.497 e. The molecule has 0 saturated carbocycles. The Bertz CT molecular complexity index is 1720. The maximum absolute atomic E-state index is 14.6. The molecule has 1 heterocycles. The van der Waals surface area contributed by atoms with Crippen molar-refractivity contribution in [3.63, 3.8) is 0 Å². The predicted molar refractivity (Wildman–Crippen MR) is 162 cm³/mol. The molecule has 1 unspecified atom stereocenters. The molecule has 0 fully saturated rings. The molecule has 0 radical (unpaired) electrons. The Morgan fingerprint density at radius 2 is 1.24 bits per heavy atom. The lowest BCUT2D eigenvalue weighted by Crippen LogP contribution is -2.26. The fourth-order valence-electron chi connectivity index (χ4n) is 4.63. The fraction of sp³-hybridized carbons (Fsp3) is 0.0909. The van der Waals surface area contributed by atoms with E-state index in [1.165, 1.54) is 0 Å². The van der Waals surface area contributed by atoms with Crippen LogP contribution in [0.2, 0.25) is 0 Å². The highest BCUT2D eigenvalue weighted by Crippen LogP contribution is 2.55. The lowest BCUT2D eigenvalue weighted by atomic mass is 10.0. The van der Waals surface area contributed by atoms with E-state index in [4.69, 9.17) is 23.5 Å². The van der Waals surface area contributed by atoms with Gasteiger partial charge < -0.3 is 23.5 Å². The van der Waals surface area contributed by atoms with Gasteiger partial charge in [-0.1, -0.05) is 48.2 Å². The number of methoxy groups -OCH3 is 2. The first-order valence-corrected chi connectivity index (χ1v) is 15.4. The van der Waals surface area contributed by atoms with E-state index in [9.17, 15) is 4.57 Å². The largest absolute Gasteiger partial charge is 0.497 e. The monoisotopic (exact) mass is 582 g/mol. The van der Waals surface area contributed by atoms with E-state index in [0.717, 1.165) is 26.7 Å². The smallest absolute Gasteiger partial charge is 0.311 e. The Balaban J connectivity index is 1.17. The van der Waals surface area contributed by atoms with Crippen LogP contribution in [-0.2, 0) is 4.57 Å². The summed E-state index contributed by atoms with van der Waals surface area (Å²) >= 11 is 1.65. The third-order valence-electron chi connectivity index (χ3n) is 6.66. The summed E-state index contributed by atoms with van der Waals surface area (Å²) in [6.07, 6.45) is 0. The number of hydrogen-bond donors (Lipinski definition) is 0. The van der Waals surface area contributed by atoms with Gasteiger partial charge in [-0.15, -0.1) is 0 Å². The summed E-state index contributed by atoms with van der Waals surface area (Å²) in [7, 11) is -0.347. The van der Waals surface area contributed by atoms with Crippen LogP contribution in [-0.4, -0.2) is 21.0 Å². The van der Waals surface area contributed by atoms with Gasteiger partial charge in [0.1, 0.15) is 28.7 Å². The molecule has 5 aromatic carbocycles. The van der Waals surface area contributed by atoms with Gasteiger partial charge in [0.05, 0.1) is 24.8 Å². The molecule has 1 atom stereocenters. The van der Waals surface area contributed by atoms with Crippen molar-refractivity contribution >= 4 is 29.7 Å². The highest BCUT2D eigenvalue weighted by Gasteiger charge is 2.40. The van der Waals surface area contributed by atoms with E-state index in [1.54, 1.807) is 44.2 Å². The molecule has 1 aliphatic heterocycles. The maximum atomic E-state index is 14.6. The number of para-hydroxylation sites is 1. The summed E-state index contributed by atoms with van der Waals surface area (Å²) < 4.78 is 43.5. The van der Waals surface area contributed by atoms with E-state index in [2.05, 4.69) is 0 Å². The lowest BCUT2D eigenvalue weighted by Gasteiger charge is -2.29. The van der Waals surface area contributed by atoms with Crippen LogP contribution in [0.4, 0.5) is 0 Å². The number of ether oxygens (including phenoxy) is 4. The van der Waals surface area contributed by atoms with Gasteiger partial charge in [0.25, 0.3) is 0 Å². The van der Waals surface area contributed by atoms with Crippen molar-refractivity contribution in [2.24, 2.45) is 0 Å². The van der Waals surface area contributed by atoms with Crippen molar-refractivity contribution in [2.45, 2.75) is 9.79 Å². The molecule has 0 aromatic heterocycles. The summed E-state index contributed by atoms with van der Waals surface area (Å²) in [5, 5.41) is 1.05. The van der Waals surface area contributed by atoms with Crippen molar-refractivity contribution in [1.29, 1.82) is 0 Å². The van der Waals surface area contributed by atoms with Gasteiger partial charge in [-0.2, -0.15) is 0 Å². The molecule has 0 saturated heterocycles. The molecule has 41 heavy (non-hydrogen) atoms. The Hall–Kier alpha value is -4.32. The van der Waals surface area contributed by atoms with Gasteiger partial charge in [0.15, 0.2) is 0 Å². The molecule has 0 amide bonds. The van der Waals surface area contributed by atoms with Gasteiger partial charge >= 0.3 is 7.37 Å². The predicted octanol–water partition coefficient (Wildman–Crippen LogP) is 7.56. The van der Waals surface area contributed by atoms with Crippen LogP contribution < -0.4 is 34.1 Å². The summed E-state index contributed by atoms with van der Waals surface area (Å²) in [6, 6.07) is 36.2. The van der Waals surface area contributed by atoms with Crippen LogP contribution in [0.1, 0.15) is 0 Å². The summed E-state index contributed by atoms with van der Waals surface area (Å²) in [6.45, 7) is -0.0265. The molecule has 0 bridgehead atoms. The molecular weight excluding hydrogens is 555 g/mol. The Kier molecular flexibility index (Phi) is 7.64. The van der Waals surface area contributed by atoms with Gasteiger partial charge in [0.2, 0.25) is 6.79 Å². The summed E-state index contributed by atoms with van der Waals surface area (Å²) in [5.41, 5.74) is 1.78. The van der Waals surface area contributed by atoms with E-state index >= 15 is 0 Å². The Labute approximate surface area is 243 Å². The second-order valence-corrected chi connectivity index (χ2v) is 12.5. The second kappa shape index (κ2) is 11.7. The standard InChI is InChI=1S/C33H27O6PS/c1-35-23-11-16-26(17-12-23)41-27-18-13-24(14-19-27)37-22-38-25-15-20-31(36-2)33(21-25)40(34)32-10-6-4-8-29(32)28-7-3-5-9-30(28)39-40/h3-21H,22H2,1-2H3. The highest BCUT2D eigenvalue weighted by molar-refractivity contribution is 7.99. The molecule has 6 rings (SSSR count). The minimum atomic E-state index is -3.55. The summed E-state index contributed by atoms with van der Waals surface area (Å²) in [4.78, 5) is 2.20. The van der Waals surface area contributed by atoms with Gasteiger partial charge in [-0.05, 0) is 84.4 Å². The van der Waals surface area contributed by atoms with Crippen molar-refractivity contribution < 1.29 is 28.0 Å². The minimum absolute atomic E-state index is 0.0265. The van der Waals surface area contributed by atoms with Crippen LogP contribution in [0, 0.1) is 0 Å². The first-order valence-electron chi connectivity index (χ1n) is 12.9. The van der Waals surface area contributed by atoms with Gasteiger partial charge in [-0.3, -0.25) is 4.57 Å². The van der Waals surface area contributed by atoms with Crippen LogP contribution in [0.15, 0.2) is 125 Å². The lowest BCUT2D eigenvalue weighted by molar-refractivity contribution is 0.120. The third-order valence-corrected chi connectivity index (χ3v) is 10.1. The highest BCUT2D eigenvalue weighted by atomic mass is 32.2. The van der Waals surface area contributed by atoms with Crippen LogP contribution >= 0.6 is 19.1 Å². The number of fused-ring (bicyclic) bond motifs is 3. The normalized spacial score (nSPS) is 15.2. The maximum Gasteiger partial charge on any atom is 0.311 e. The zero-order chi connectivity index (χ0) is 28.2. The Morgan fingerprint density at radius 1 is 0.634 bits per heavy atom. The SMILES string of the molecule is COc1ccc(Sc2ccc(OCOc3ccc(OC)c(P4(=O)Oc5ccccc5-c5ccccc54)c3)cc2)cc1. The molecule has 1 aliphatic rings. The molecule has 0 aliphatic carbocycles. The topological polar surface area (TPSA) is 63.2 Å². The van der Waals surface area contributed by atoms with Crippen LogP contribution in [0.5, 0.6) is 28.7 Å². The van der Waals surface area contributed by atoms with Gasteiger partial charge in [-0.25, -0.2) is 0 Å². The molecule has 8 heteroatoms. The average molecular weight is 583 g/mol. The van der Waals surface area contributed by atoms with Gasteiger partial charge in [0, 0.05) is 15.4 Å². The Morgan fingerprint density at radius 3 is 1.95 bits per heavy atom. The van der Waals surface area contributed by atoms with Crippen LogP contribution in [0.25, 0.3) is 11.1 Å². The number of hydrogen-bond acceptors (Lipinski definition) is 7. The zero-order valence-electron chi connectivity index (χ0n) is 22.5. The average Bonchev–Trinajstić information content (AvgIpc) is 3.02. The molecule has 6 nitrogen and oxygen atoms in total. The molecule has 5 aromatic rings. The molecular formula is C33H27O6PS. The van der Waals surface area contributed by atoms with Crippen molar-refractivity contribution in [3.8, 4) is 39.9 Å². The van der Waals surface area contributed by atoms with E-state index < -0.39 is 7.37 Å². The van der Waals surface area contributed by atoms with E-state index in [-0.39, 0.29) is 6.79 Å². The van der Waals surface area contributed by atoms with E-state index in [1.807, 2.05) is 97.1 Å². The zero-order valence-corrected chi connectivity index (χ0v) is 24.2. The molecule has 0 N–H and O–H groups in total. The number of benzene rings is 5.